The second-order valence-corrected chi connectivity index (χ2v) is 9.26. The monoisotopic (exact) mass is 467 g/mol. The van der Waals surface area contributed by atoms with Crippen LogP contribution in [-0.4, -0.2) is 62.5 Å². The van der Waals surface area contributed by atoms with E-state index in [1.807, 2.05) is 12.1 Å². The van der Waals surface area contributed by atoms with E-state index in [2.05, 4.69) is 26.9 Å². The van der Waals surface area contributed by atoms with Crippen LogP contribution in [0.2, 0.25) is 5.02 Å². The summed E-state index contributed by atoms with van der Waals surface area (Å²) in [6.07, 6.45) is 5.96. The number of phenols is 1. The molecule has 0 atom stereocenters. The van der Waals surface area contributed by atoms with Gasteiger partial charge in [0.15, 0.2) is 5.84 Å². The molecule has 1 amide bonds. The number of hydrogen-bond acceptors (Lipinski definition) is 6. The van der Waals surface area contributed by atoms with Crippen LogP contribution in [0.15, 0.2) is 42.2 Å². The van der Waals surface area contributed by atoms with Crippen LogP contribution >= 0.6 is 11.6 Å². The molecule has 0 bridgehead atoms. The number of nitrogens with one attached hydrogen (secondary N) is 1. The highest BCUT2D eigenvalue weighted by Crippen LogP contribution is 2.46. The van der Waals surface area contributed by atoms with Gasteiger partial charge < -0.3 is 20.5 Å². The van der Waals surface area contributed by atoms with E-state index in [4.69, 9.17) is 11.6 Å². The molecule has 2 fully saturated rings. The quantitative estimate of drug-likeness (QED) is 0.156. The van der Waals surface area contributed by atoms with Crippen LogP contribution in [0.3, 0.4) is 0 Å². The van der Waals surface area contributed by atoms with Crippen LogP contribution in [-0.2, 0) is 17.8 Å². The van der Waals surface area contributed by atoms with Crippen molar-refractivity contribution < 1.29 is 15.1 Å². The molecule has 2 aromatic rings. The summed E-state index contributed by atoms with van der Waals surface area (Å²) >= 11 is 6.30. The second kappa shape index (κ2) is 8.68. The first-order valence-corrected chi connectivity index (χ1v) is 11.5. The summed E-state index contributed by atoms with van der Waals surface area (Å²) in [5, 5.41) is 27.3. The molecule has 3 heterocycles. The molecule has 1 aliphatic carbocycles. The van der Waals surface area contributed by atoms with Gasteiger partial charge in [0.05, 0.1) is 5.69 Å². The fourth-order valence-corrected chi connectivity index (χ4v) is 4.98. The number of amides is 1. The molecule has 172 valence electrons. The number of aromatic nitrogens is 1. The Kier molecular flexibility index (Phi) is 5.72. The number of carbonyl (C=O) groups is 1. The number of amidine groups is 1. The Bertz CT molecular complexity index is 1140. The summed E-state index contributed by atoms with van der Waals surface area (Å²) in [7, 11) is 0. The maximum absolute atomic E-state index is 11.7. The zero-order valence-electron chi connectivity index (χ0n) is 18.2. The van der Waals surface area contributed by atoms with Crippen LogP contribution < -0.4 is 5.32 Å². The van der Waals surface area contributed by atoms with Crippen molar-refractivity contribution in [1.29, 1.82) is 0 Å². The number of aromatic hydroxyl groups is 1. The van der Waals surface area contributed by atoms with Crippen LogP contribution in [0.25, 0.3) is 0 Å². The first kappa shape index (κ1) is 21.7. The lowest BCUT2D eigenvalue weighted by atomic mass is 9.95. The highest BCUT2D eigenvalue weighted by Gasteiger charge is 2.36. The standard InChI is InChI=1S/C24H26ClN5O3/c1-2-22(32)30-12-16(13-30)29-8-6-17-15(11-29)5-7-26-23(17)24(28-33)27-20-9-18(14-3-4-14)19(25)10-21(20)31/h2,5,7,9-10,14,16,31,33H,1,3-4,6,8,11-13H2,(H,27,28). The number of carbonyl (C=O) groups excluding carboxylic acids is 1. The van der Waals surface area contributed by atoms with Crippen LogP contribution in [0, 0.1) is 0 Å². The summed E-state index contributed by atoms with van der Waals surface area (Å²) in [4.78, 5) is 20.4. The molecule has 1 aromatic carbocycles. The molecule has 9 heteroatoms. The van der Waals surface area contributed by atoms with Crippen molar-refractivity contribution in [2.75, 3.05) is 25.0 Å². The highest BCUT2D eigenvalue weighted by molar-refractivity contribution is 6.31. The molecule has 5 rings (SSSR count). The summed E-state index contributed by atoms with van der Waals surface area (Å²) in [6.45, 7) is 6.53. The third-order valence-corrected chi connectivity index (χ3v) is 7.08. The molecule has 3 aliphatic rings. The van der Waals surface area contributed by atoms with Gasteiger partial charge in [-0.3, -0.25) is 14.7 Å². The summed E-state index contributed by atoms with van der Waals surface area (Å²) in [5.41, 5.74) is 4.11. The Morgan fingerprint density at radius 2 is 2.12 bits per heavy atom. The van der Waals surface area contributed by atoms with Crippen molar-refractivity contribution in [2.24, 2.45) is 5.16 Å². The lowest BCUT2D eigenvalue weighted by Gasteiger charge is -2.46. The van der Waals surface area contributed by atoms with Crippen LogP contribution in [0.4, 0.5) is 5.69 Å². The van der Waals surface area contributed by atoms with Gasteiger partial charge in [0.1, 0.15) is 11.4 Å². The van der Waals surface area contributed by atoms with Gasteiger partial charge in [-0.1, -0.05) is 23.3 Å². The zero-order valence-corrected chi connectivity index (χ0v) is 18.9. The highest BCUT2D eigenvalue weighted by atomic mass is 35.5. The van der Waals surface area contributed by atoms with Crippen molar-refractivity contribution in [3.8, 4) is 5.75 Å². The van der Waals surface area contributed by atoms with E-state index >= 15 is 0 Å². The van der Waals surface area contributed by atoms with E-state index in [0.29, 0.717) is 41.5 Å². The number of anilines is 1. The molecule has 1 saturated carbocycles. The van der Waals surface area contributed by atoms with Gasteiger partial charge in [0.2, 0.25) is 5.91 Å². The normalized spacial score (nSPS) is 19.1. The van der Waals surface area contributed by atoms with E-state index in [1.54, 1.807) is 11.1 Å². The molecule has 8 nitrogen and oxygen atoms in total. The number of fused-ring (bicyclic) bond motifs is 1. The number of benzene rings is 1. The number of likely N-dealkylation sites (tertiary alicyclic amines) is 1. The van der Waals surface area contributed by atoms with Gasteiger partial charge in [-0.2, -0.15) is 0 Å². The minimum atomic E-state index is -0.0275. The number of rotatable bonds is 5. The van der Waals surface area contributed by atoms with Crippen LogP contribution in [0.1, 0.15) is 41.1 Å². The van der Waals surface area contributed by atoms with E-state index in [0.717, 1.165) is 49.0 Å². The first-order chi connectivity index (χ1) is 16.0. The maximum Gasteiger partial charge on any atom is 0.246 e. The Hall–Kier alpha value is -3.10. The van der Waals surface area contributed by atoms with Crippen molar-refractivity contribution >= 4 is 29.0 Å². The van der Waals surface area contributed by atoms with Crippen molar-refractivity contribution in [3.63, 3.8) is 0 Å². The molecule has 3 N–H and O–H groups in total. The minimum Gasteiger partial charge on any atom is -0.506 e. The predicted octanol–water partition coefficient (Wildman–Crippen LogP) is 3.32. The molecule has 1 aromatic heterocycles. The zero-order chi connectivity index (χ0) is 23.1. The summed E-state index contributed by atoms with van der Waals surface area (Å²) in [6, 6.07) is 5.66. The molecular formula is C24H26ClN5O3. The van der Waals surface area contributed by atoms with Crippen molar-refractivity contribution in [2.45, 2.75) is 37.8 Å². The lowest BCUT2D eigenvalue weighted by Crippen LogP contribution is -2.61. The Morgan fingerprint density at radius 1 is 1.33 bits per heavy atom. The fourth-order valence-electron chi connectivity index (χ4n) is 4.67. The van der Waals surface area contributed by atoms with Gasteiger partial charge in [-0.15, -0.1) is 0 Å². The van der Waals surface area contributed by atoms with Gasteiger partial charge in [0.25, 0.3) is 0 Å². The number of nitrogens with zero attached hydrogens (tertiary/aromatic N) is 4. The molecule has 0 radical (unpaired) electrons. The van der Waals surface area contributed by atoms with Crippen LogP contribution in [0.5, 0.6) is 5.75 Å². The first-order valence-electron chi connectivity index (χ1n) is 11.1. The summed E-state index contributed by atoms with van der Waals surface area (Å²) < 4.78 is 0. The summed E-state index contributed by atoms with van der Waals surface area (Å²) in [5.74, 6) is 0.558. The van der Waals surface area contributed by atoms with E-state index in [1.165, 1.54) is 12.1 Å². The number of pyridine rings is 1. The molecular weight excluding hydrogens is 442 g/mol. The number of halogens is 1. The third kappa shape index (κ3) is 4.16. The van der Waals surface area contributed by atoms with E-state index in [-0.39, 0.29) is 17.5 Å². The topological polar surface area (TPSA) is 101 Å². The third-order valence-electron chi connectivity index (χ3n) is 6.75. The van der Waals surface area contributed by atoms with E-state index in [9.17, 15) is 15.1 Å². The predicted molar refractivity (Wildman–Crippen MR) is 126 cm³/mol. The maximum atomic E-state index is 11.7. The molecule has 33 heavy (non-hydrogen) atoms. The number of phenolic OH excluding ortho intramolecular Hbond substituents is 1. The van der Waals surface area contributed by atoms with Gasteiger partial charge in [-0.25, -0.2) is 0 Å². The van der Waals surface area contributed by atoms with Gasteiger partial charge >= 0.3 is 0 Å². The minimum absolute atomic E-state index is 0.00914. The average Bonchev–Trinajstić information content (AvgIpc) is 3.62. The van der Waals surface area contributed by atoms with Crippen molar-refractivity contribution in [3.05, 3.63) is 64.5 Å². The lowest BCUT2D eigenvalue weighted by molar-refractivity contribution is -0.133. The molecule has 2 aliphatic heterocycles. The molecule has 0 unspecified atom stereocenters. The molecule has 1 saturated heterocycles. The van der Waals surface area contributed by atoms with Gasteiger partial charge in [0, 0.05) is 49.5 Å². The smallest absolute Gasteiger partial charge is 0.246 e. The number of hydrogen-bond donors (Lipinski definition) is 3. The number of oxime groups is 1. The second-order valence-electron chi connectivity index (χ2n) is 8.86. The average molecular weight is 468 g/mol. The van der Waals surface area contributed by atoms with Crippen molar-refractivity contribution in [1.82, 2.24) is 14.8 Å². The Balaban J connectivity index is 1.34. The van der Waals surface area contributed by atoms with Gasteiger partial charge in [-0.05, 0) is 60.1 Å². The fraction of sp³-hybridized carbons (Fsp3) is 0.375. The van der Waals surface area contributed by atoms with E-state index < -0.39 is 0 Å². The largest absolute Gasteiger partial charge is 0.506 e. The Morgan fingerprint density at radius 3 is 2.82 bits per heavy atom. The molecule has 0 spiro atoms. The Labute approximate surface area is 197 Å². The SMILES string of the molecule is C=CC(=O)N1CC(N2CCc3c(ccnc3/C(=N/O)Nc3cc(C4CC4)c(Cl)cc3O)C2)C1.